The summed E-state index contributed by atoms with van der Waals surface area (Å²) in [7, 11) is 0. The van der Waals surface area contributed by atoms with Gasteiger partial charge in [-0.05, 0) is 13.0 Å². The largest absolute Gasteiger partial charge is 0.492 e. The number of nitrogens with zero attached hydrogens (tertiary/aromatic N) is 1. The Morgan fingerprint density at radius 1 is 1.52 bits per heavy atom. The van der Waals surface area contributed by atoms with Crippen LogP contribution in [0.3, 0.4) is 0 Å². The summed E-state index contributed by atoms with van der Waals surface area (Å²) in [6, 6.07) is 2.75. The van der Waals surface area contributed by atoms with Crippen molar-refractivity contribution in [2.24, 2.45) is 5.73 Å². The van der Waals surface area contributed by atoms with Crippen LogP contribution in [0, 0.1) is 6.92 Å². The number of thiazole rings is 1. The molecule has 0 saturated heterocycles. The Labute approximate surface area is 131 Å². The zero-order chi connectivity index (χ0) is 15.0. The van der Waals surface area contributed by atoms with Gasteiger partial charge in [-0.3, -0.25) is 4.79 Å². The maximum absolute atomic E-state index is 11.5. The molecule has 1 amide bonds. The van der Waals surface area contributed by atoms with Crippen molar-refractivity contribution < 1.29 is 9.53 Å². The molecule has 0 aliphatic carbocycles. The van der Waals surface area contributed by atoms with Gasteiger partial charge in [0.1, 0.15) is 11.8 Å². The van der Waals surface area contributed by atoms with Crippen LogP contribution in [0.15, 0.2) is 17.6 Å². The molecule has 1 atom stereocenters. The summed E-state index contributed by atoms with van der Waals surface area (Å²) in [6.45, 7) is 2.48. The van der Waals surface area contributed by atoms with E-state index in [0.29, 0.717) is 28.6 Å². The minimum atomic E-state index is -0.661. The molecule has 1 aliphatic rings. The highest BCUT2D eigenvalue weighted by atomic mass is 35.5. The third-order valence-electron chi connectivity index (χ3n) is 3.41. The Bertz CT molecular complexity index is 702. The summed E-state index contributed by atoms with van der Waals surface area (Å²) in [5.74, 6) is 0.325. The minimum absolute atomic E-state index is 0.224. The first-order valence-corrected chi connectivity index (χ1v) is 7.73. The molecule has 110 valence electrons. The average Bonchev–Trinajstić information content (AvgIpc) is 2.97. The lowest BCUT2D eigenvalue weighted by Crippen LogP contribution is -2.19. The van der Waals surface area contributed by atoms with E-state index in [0.717, 1.165) is 12.1 Å². The molecule has 1 aromatic heterocycles. The predicted octanol–water partition coefficient (Wildman–Crippen LogP) is 2.68. The summed E-state index contributed by atoms with van der Waals surface area (Å²) in [5, 5.41) is 3.18. The molecule has 2 aromatic rings. The fraction of sp³-hybridized carbons (Fsp3) is 0.286. The third-order valence-corrected chi connectivity index (χ3v) is 4.70. The summed E-state index contributed by atoms with van der Waals surface area (Å²) in [4.78, 5) is 16.9. The number of benzene rings is 1. The van der Waals surface area contributed by atoms with Gasteiger partial charge in [0.2, 0.25) is 5.91 Å². The van der Waals surface area contributed by atoms with Crippen molar-refractivity contribution in [1.29, 1.82) is 0 Å². The van der Waals surface area contributed by atoms with Crippen molar-refractivity contribution >= 4 is 34.5 Å². The van der Waals surface area contributed by atoms with Gasteiger partial charge in [-0.25, -0.2) is 4.98 Å². The van der Waals surface area contributed by atoms with E-state index >= 15 is 0 Å². The molecule has 1 aliphatic heterocycles. The highest BCUT2D eigenvalue weighted by Crippen LogP contribution is 2.37. The average molecular weight is 324 g/mol. The summed E-state index contributed by atoms with van der Waals surface area (Å²) in [5.41, 5.74) is 10.00. The summed E-state index contributed by atoms with van der Waals surface area (Å²) < 4.78 is 5.72. The SMILES string of the molecule is Cc1ncsc1CCOc1cc2c(cc1Cl)C(N)C(=O)N2. The van der Waals surface area contributed by atoms with E-state index < -0.39 is 6.04 Å². The van der Waals surface area contributed by atoms with Crippen molar-refractivity contribution in [1.82, 2.24) is 4.98 Å². The lowest BCUT2D eigenvalue weighted by molar-refractivity contribution is -0.116. The fourth-order valence-corrected chi connectivity index (χ4v) is 3.21. The third kappa shape index (κ3) is 2.74. The van der Waals surface area contributed by atoms with Crippen LogP contribution in [0.4, 0.5) is 5.69 Å². The van der Waals surface area contributed by atoms with Gasteiger partial charge in [0.15, 0.2) is 0 Å². The van der Waals surface area contributed by atoms with Crippen molar-refractivity contribution in [3.05, 3.63) is 38.8 Å². The molecule has 1 aromatic carbocycles. The maximum Gasteiger partial charge on any atom is 0.245 e. The molecule has 0 radical (unpaired) electrons. The van der Waals surface area contributed by atoms with Gasteiger partial charge in [0.05, 0.1) is 22.8 Å². The molecule has 7 heteroatoms. The summed E-state index contributed by atoms with van der Waals surface area (Å²) >= 11 is 7.80. The highest BCUT2D eigenvalue weighted by Gasteiger charge is 2.28. The number of aromatic nitrogens is 1. The first-order chi connectivity index (χ1) is 10.1. The van der Waals surface area contributed by atoms with E-state index in [1.165, 1.54) is 4.88 Å². The van der Waals surface area contributed by atoms with Crippen LogP contribution in [0.25, 0.3) is 0 Å². The first-order valence-electron chi connectivity index (χ1n) is 6.48. The number of rotatable bonds is 4. The molecule has 3 N–H and O–H groups in total. The molecule has 0 bridgehead atoms. The van der Waals surface area contributed by atoms with Crippen LogP contribution < -0.4 is 15.8 Å². The van der Waals surface area contributed by atoms with Gasteiger partial charge < -0.3 is 15.8 Å². The number of halogens is 1. The number of ether oxygens (including phenoxy) is 1. The Morgan fingerprint density at radius 3 is 3.05 bits per heavy atom. The molecule has 5 nitrogen and oxygen atoms in total. The van der Waals surface area contributed by atoms with Crippen molar-refractivity contribution in [2.75, 3.05) is 11.9 Å². The van der Waals surface area contributed by atoms with Gasteiger partial charge in [-0.2, -0.15) is 0 Å². The normalized spacial score (nSPS) is 16.7. The number of nitrogens with two attached hydrogens (primary N) is 1. The predicted molar refractivity (Wildman–Crippen MR) is 83.1 cm³/mol. The first kappa shape index (κ1) is 14.3. The van der Waals surface area contributed by atoms with Gasteiger partial charge in [-0.1, -0.05) is 11.6 Å². The second-order valence-electron chi connectivity index (χ2n) is 4.80. The monoisotopic (exact) mass is 323 g/mol. The maximum atomic E-state index is 11.5. The minimum Gasteiger partial charge on any atom is -0.492 e. The number of hydrogen-bond donors (Lipinski definition) is 2. The number of fused-ring (bicyclic) bond motifs is 1. The smallest absolute Gasteiger partial charge is 0.245 e. The van der Waals surface area contributed by atoms with E-state index in [4.69, 9.17) is 22.1 Å². The number of aryl methyl sites for hydroxylation is 1. The van der Waals surface area contributed by atoms with E-state index in [9.17, 15) is 4.79 Å². The lowest BCUT2D eigenvalue weighted by atomic mass is 10.1. The molecule has 0 spiro atoms. The van der Waals surface area contributed by atoms with Crippen LogP contribution in [0.1, 0.15) is 22.2 Å². The molecule has 2 heterocycles. The van der Waals surface area contributed by atoms with Crippen LogP contribution in [0.2, 0.25) is 5.02 Å². The van der Waals surface area contributed by atoms with Crippen LogP contribution in [-0.2, 0) is 11.2 Å². The Balaban J connectivity index is 1.71. The molecule has 21 heavy (non-hydrogen) atoms. The van der Waals surface area contributed by atoms with Crippen LogP contribution in [-0.4, -0.2) is 17.5 Å². The molecular formula is C14H14ClN3O2S. The summed E-state index contributed by atoms with van der Waals surface area (Å²) in [6.07, 6.45) is 0.774. The van der Waals surface area contributed by atoms with Crippen LogP contribution in [0.5, 0.6) is 5.75 Å². The van der Waals surface area contributed by atoms with Gasteiger partial charge in [0.25, 0.3) is 0 Å². The number of hydrogen-bond acceptors (Lipinski definition) is 5. The standard InChI is InChI=1S/C14H14ClN3O2S/c1-7-12(21-6-17-7)2-3-20-11-5-10-8(4-9(11)15)13(16)14(19)18-10/h4-6,13H,2-3,16H2,1H3,(H,18,19). The van der Waals surface area contributed by atoms with E-state index in [1.807, 2.05) is 12.4 Å². The molecule has 3 rings (SSSR count). The van der Waals surface area contributed by atoms with Crippen molar-refractivity contribution in [3.63, 3.8) is 0 Å². The zero-order valence-electron chi connectivity index (χ0n) is 11.4. The number of carbonyl (C=O) groups is 1. The van der Waals surface area contributed by atoms with Crippen molar-refractivity contribution in [3.8, 4) is 5.75 Å². The number of anilines is 1. The molecule has 0 saturated carbocycles. The topological polar surface area (TPSA) is 77.2 Å². The van der Waals surface area contributed by atoms with E-state index in [1.54, 1.807) is 23.5 Å². The van der Waals surface area contributed by atoms with Gasteiger partial charge in [-0.15, -0.1) is 11.3 Å². The Morgan fingerprint density at radius 2 is 2.33 bits per heavy atom. The highest BCUT2D eigenvalue weighted by molar-refractivity contribution is 7.09. The van der Waals surface area contributed by atoms with Gasteiger partial charge in [0, 0.05) is 28.6 Å². The molecular weight excluding hydrogens is 310 g/mol. The van der Waals surface area contributed by atoms with Crippen molar-refractivity contribution in [2.45, 2.75) is 19.4 Å². The van der Waals surface area contributed by atoms with E-state index in [-0.39, 0.29) is 5.91 Å². The lowest BCUT2D eigenvalue weighted by Gasteiger charge is -2.10. The molecule has 1 unspecified atom stereocenters. The second kappa shape index (κ2) is 5.63. The Kier molecular flexibility index (Phi) is 3.84. The zero-order valence-corrected chi connectivity index (χ0v) is 12.9. The van der Waals surface area contributed by atoms with Gasteiger partial charge >= 0.3 is 0 Å². The molecule has 0 fully saturated rings. The van der Waals surface area contributed by atoms with Crippen LogP contribution >= 0.6 is 22.9 Å². The fourth-order valence-electron chi connectivity index (χ4n) is 2.22. The number of carbonyl (C=O) groups excluding carboxylic acids is 1. The van der Waals surface area contributed by atoms with E-state index in [2.05, 4.69) is 10.3 Å². The second-order valence-corrected chi connectivity index (χ2v) is 6.14. The Hall–Kier alpha value is -1.63. The number of nitrogens with one attached hydrogen (secondary N) is 1. The quantitative estimate of drug-likeness (QED) is 0.907. The number of amides is 1.